The smallest absolute Gasteiger partial charge is 0.254 e. The molecule has 0 atom stereocenters. The number of hydrogen-bond acceptors (Lipinski definition) is 5. The molecule has 0 saturated carbocycles. The number of carbonyl (C=O) groups excluding carboxylic acids is 2. The van der Waals surface area contributed by atoms with E-state index < -0.39 is 21.3 Å². The van der Waals surface area contributed by atoms with Crippen LogP contribution in [0.25, 0.3) is 0 Å². The van der Waals surface area contributed by atoms with Gasteiger partial charge < -0.3 is 9.80 Å². The normalized spacial score (nSPS) is 20.2. The molecular formula is C22H24FN3O4S. The van der Waals surface area contributed by atoms with E-state index >= 15 is 0 Å². The van der Waals surface area contributed by atoms with Gasteiger partial charge in [-0.25, -0.2) is 17.1 Å². The number of amides is 2. The van der Waals surface area contributed by atoms with Gasteiger partial charge in [-0.2, -0.15) is 0 Å². The van der Waals surface area contributed by atoms with Gasteiger partial charge in [-0.05, 0) is 44.2 Å². The number of piperazine rings is 1. The topological polar surface area (TPSA) is 78.0 Å². The summed E-state index contributed by atoms with van der Waals surface area (Å²) in [7, 11) is -3.79. The summed E-state index contributed by atoms with van der Waals surface area (Å²) in [5.74, 6) is -1.32. The van der Waals surface area contributed by atoms with Gasteiger partial charge in [0.25, 0.3) is 5.91 Å². The van der Waals surface area contributed by atoms with Crippen molar-refractivity contribution in [2.45, 2.75) is 13.8 Å². The maximum Gasteiger partial charge on any atom is 0.254 e. The van der Waals surface area contributed by atoms with Gasteiger partial charge >= 0.3 is 0 Å². The van der Waals surface area contributed by atoms with Crippen LogP contribution in [0.1, 0.15) is 24.2 Å². The van der Waals surface area contributed by atoms with E-state index in [2.05, 4.69) is 0 Å². The molecule has 0 spiro atoms. The average Bonchev–Trinajstić information content (AvgIpc) is 2.90. The van der Waals surface area contributed by atoms with E-state index in [4.69, 9.17) is 0 Å². The molecule has 4 rings (SSSR count). The molecule has 2 aromatic carbocycles. The Kier molecular flexibility index (Phi) is 5.25. The minimum Gasteiger partial charge on any atom is -0.366 e. The summed E-state index contributed by atoms with van der Waals surface area (Å²) >= 11 is 0. The molecule has 2 aromatic rings. The number of nitrogens with zero attached hydrogens (tertiary/aromatic N) is 3. The molecule has 2 fully saturated rings. The minimum absolute atomic E-state index is 0.173. The second-order valence-corrected chi connectivity index (χ2v) is 10.3. The predicted octanol–water partition coefficient (Wildman–Crippen LogP) is 2.49. The number of para-hydroxylation sites is 1. The zero-order valence-electron chi connectivity index (χ0n) is 17.4. The summed E-state index contributed by atoms with van der Waals surface area (Å²) < 4.78 is 39.9. The van der Waals surface area contributed by atoms with Gasteiger partial charge in [-0.15, -0.1) is 0 Å². The fourth-order valence-corrected chi connectivity index (χ4v) is 6.17. The van der Waals surface area contributed by atoms with Crippen molar-refractivity contribution in [2.75, 3.05) is 41.1 Å². The molecular weight excluding hydrogens is 421 g/mol. The molecule has 7 nitrogen and oxygen atoms in total. The van der Waals surface area contributed by atoms with Gasteiger partial charge in [0.15, 0.2) is 0 Å². The maximum absolute atomic E-state index is 14.0. The van der Waals surface area contributed by atoms with E-state index in [9.17, 15) is 22.4 Å². The van der Waals surface area contributed by atoms with Crippen molar-refractivity contribution in [1.29, 1.82) is 0 Å². The monoisotopic (exact) mass is 445 g/mol. The van der Waals surface area contributed by atoms with Crippen molar-refractivity contribution < 1.29 is 22.4 Å². The van der Waals surface area contributed by atoms with Crippen LogP contribution in [-0.4, -0.2) is 57.1 Å². The lowest BCUT2D eigenvalue weighted by molar-refractivity contribution is -0.123. The lowest BCUT2D eigenvalue weighted by atomic mass is 9.95. The largest absolute Gasteiger partial charge is 0.366 e. The molecule has 2 saturated heterocycles. The number of rotatable bonds is 3. The number of anilines is 2. The van der Waals surface area contributed by atoms with Crippen molar-refractivity contribution in [3.05, 3.63) is 59.9 Å². The number of hydrogen-bond donors (Lipinski definition) is 0. The summed E-state index contributed by atoms with van der Waals surface area (Å²) in [6.07, 6.45) is 0. The molecule has 0 aliphatic carbocycles. The Bertz CT molecular complexity index is 1140. The predicted molar refractivity (Wildman–Crippen MR) is 116 cm³/mol. The molecule has 2 aliphatic heterocycles. The summed E-state index contributed by atoms with van der Waals surface area (Å²) in [6, 6.07) is 12.7. The SMILES string of the molecule is CC1(C)CS(=O)(=O)N(c2cccc(C(=O)N3CCN(c4ccccc4F)CC3)c2)C1=O. The maximum atomic E-state index is 14.0. The van der Waals surface area contributed by atoms with Crippen LogP contribution in [0.5, 0.6) is 0 Å². The van der Waals surface area contributed by atoms with Gasteiger partial charge in [-0.1, -0.05) is 18.2 Å². The molecule has 2 amide bonds. The van der Waals surface area contributed by atoms with Gasteiger partial charge in [-0.3, -0.25) is 9.59 Å². The molecule has 2 aliphatic rings. The number of sulfonamides is 1. The third-order valence-corrected chi connectivity index (χ3v) is 7.69. The van der Waals surface area contributed by atoms with Gasteiger partial charge in [0, 0.05) is 31.7 Å². The Hall–Kier alpha value is -2.94. The highest BCUT2D eigenvalue weighted by molar-refractivity contribution is 7.94. The Morgan fingerprint density at radius 1 is 1.00 bits per heavy atom. The molecule has 164 valence electrons. The summed E-state index contributed by atoms with van der Waals surface area (Å²) in [5.41, 5.74) is -0.0186. The van der Waals surface area contributed by atoms with Gasteiger partial charge in [0.1, 0.15) is 5.82 Å². The summed E-state index contributed by atoms with van der Waals surface area (Å²) in [6.45, 7) is 4.98. The van der Waals surface area contributed by atoms with E-state index in [1.165, 1.54) is 18.2 Å². The molecule has 0 aromatic heterocycles. The third kappa shape index (κ3) is 3.89. The number of benzene rings is 2. The fraction of sp³-hybridized carbons (Fsp3) is 0.364. The van der Waals surface area contributed by atoms with Gasteiger partial charge in [0.05, 0.1) is 22.5 Å². The number of halogens is 1. The molecule has 0 N–H and O–H groups in total. The Morgan fingerprint density at radius 2 is 1.68 bits per heavy atom. The Morgan fingerprint density at radius 3 is 2.29 bits per heavy atom. The second-order valence-electron chi connectivity index (χ2n) is 8.49. The van der Waals surface area contributed by atoms with E-state index in [1.54, 1.807) is 49.1 Å². The van der Waals surface area contributed by atoms with E-state index in [1.807, 2.05) is 4.90 Å². The second kappa shape index (κ2) is 7.64. The first-order chi connectivity index (χ1) is 14.6. The van der Waals surface area contributed by atoms with Crippen LogP contribution >= 0.6 is 0 Å². The van der Waals surface area contributed by atoms with Crippen molar-refractivity contribution in [3.63, 3.8) is 0 Å². The lowest BCUT2D eigenvalue weighted by Crippen LogP contribution is -2.49. The van der Waals surface area contributed by atoms with Crippen LogP contribution in [0.3, 0.4) is 0 Å². The zero-order chi connectivity index (χ0) is 22.4. The van der Waals surface area contributed by atoms with Crippen LogP contribution in [0.15, 0.2) is 48.5 Å². The lowest BCUT2D eigenvalue weighted by Gasteiger charge is -2.36. The zero-order valence-corrected chi connectivity index (χ0v) is 18.2. The standard InChI is InChI=1S/C22H24FN3O4S/c1-22(2)15-31(29,30)26(21(22)28)17-7-5-6-16(14-17)20(27)25-12-10-24(11-13-25)19-9-4-3-8-18(19)23/h3-9,14H,10-13,15H2,1-2H3. The first kappa shape index (κ1) is 21.3. The van der Waals surface area contributed by atoms with Crippen LogP contribution < -0.4 is 9.21 Å². The highest BCUT2D eigenvalue weighted by Gasteiger charge is 2.50. The average molecular weight is 446 g/mol. The molecule has 9 heteroatoms. The summed E-state index contributed by atoms with van der Waals surface area (Å²) in [5, 5.41) is 0. The van der Waals surface area contributed by atoms with Gasteiger partial charge in [0.2, 0.25) is 15.9 Å². The van der Waals surface area contributed by atoms with E-state index in [-0.39, 0.29) is 23.2 Å². The van der Waals surface area contributed by atoms with Crippen molar-refractivity contribution in [1.82, 2.24) is 4.90 Å². The van der Waals surface area contributed by atoms with Crippen LogP contribution in [0.2, 0.25) is 0 Å². The van der Waals surface area contributed by atoms with Crippen LogP contribution in [0.4, 0.5) is 15.8 Å². The minimum atomic E-state index is -3.79. The highest BCUT2D eigenvalue weighted by Crippen LogP contribution is 2.36. The molecule has 0 radical (unpaired) electrons. The number of carbonyl (C=O) groups is 2. The Balaban J connectivity index is 1.51. The third-order valence-electron chi connectivity index (χ3n) is 5.67. The van der Waals surface area contributed by atoms with Crippen molar-refractivity contribution >= 4 is 33.2 Å². The first-order valence-corrected chi connectivity index (χ1v) is 11.7. The quantitative estimate of drug-likeness (QED) is 0.726. The van der Waals surface area contributed by atoms with Crippen LogP contribution in [0, 0.1) is 11.2 Å². The Labute approximate surface area is 181 Å². The van der Waals surface area contributed by atoms with E-state index in [0.29, 0.717) is 37.4 Å². The molecule has 0 bridgehead atoms. The summed E-state index contributed by atoms with van der Waals surface area (Å²) in [4.78, 5) is 29.2. The van der Waals surface area contributed by atoms with Crippen molar-refractivity contribution in [2.24, 2.45) is 5.41 Å². The van der Waals surface area contributed by atoms with Crippen molar-refractivity contribution in [3.8, 4) is 0 Å². The molecule has 0 unspecified atom stereocenters. The van der Waals surface area contributed by atoms with E-state index in [0.717, 1.165) is 4.31 Å². The van der Waals surface area contributed by atoms with Crippen LogP contribution in [-0.2, 0) is 14.8 Å². The fourth-order valence-electron chi connectivity index (χ4n) is 4.07. The molecule has 2 heterocycles. The highest BCUT2D eigenvalue weighted by atomic mass is 32.2. The first-order valence-electron chi connectivity index (χ1n) is 10.1. The molecule has 31 heavy (non-hydrogen) atoms.